The third-order valence-corrected chi connectivity index (χ3v) is 7.48. The molecule has 29 heavy (non-hydrogen) atoms. The fourth-order valence-electron chi connectivity index (χ4n) is 5.33. The van der Waals surface area contributed by atoms with Gasteiger partial charge in [-0.1, -0.05) is 17.4 Å². The van der Waals surface area contributed by atoms with Gasteiger partial charge in [-0.25, -0.2) is 4.98 Å². The molecule has 3 aliphatic heterocycles. The summed E-state index contributed by atoms with van der Waals surface area (Å²) in [5.74, 6) is 1.07. The molecule has 0 unspecified atom stereocenters. The highest BCUT2D eigenvalue weighted by molar-refractivity contribution is 7.22. The van der Waals surface area contributed by atoms with Gasteiger partial charge in [0.05, 0.1) is 21.8 Å². The zero-order chi connectivity index (χ0) is 19.3. The average Bonchev–Trinajstić information content (AvgIpc) is 3.08. The molecule has 1 aromatic carbocycles. The average molecular weight is 436 g/mol. The smallest absolute Gasteiger partial charge is 0.252 e. The molecule has 1 aromatic heterocycles. The maximum Gasteiger partial charge on any atom is 0.252 e. The zero-order valence-corrected chi connectivity index (χ0v) is 17.7. The van der Waals surface area contributed by atoms with Crippen LogP contribution in [0.2, 0.25) is 0 Å². The molecule has 0 aliphatic carbocycles. The number of rotatable bonds is 3. The van der Waals surface area contributed by atoms with Gasteiger partial charge >= 0.3 is 0 Å². The van der Waals surface area contributed by atoms with Crippen LogP contribution in [0.25, 0.3) is 10.2 Å². The third kappa shape index (κ3) is 3.58. The summed E-state index contributed by atoms with van der Waals surface area (Å²) in [6, 6.07) is 5.89. The van der Waals surface area contributed by atoms with Gasteiger partial charge in [0.25, 0.3) is 5.91 Å². The number of nitrogens with one attached hydrogen (secondary N) is 2. The molecule has 3 saturated heterocycles. The van der Waals surface area contributed by atoms with Crippen molar-refractivity contribution in [3.05, 3.63) is 23.8 Å². The number of hydrogen-bond acceptors (Lipinski definition) is 6. The Morgan fingerprint density at radius 2 is 2.17 bits per heavy atom. The third-order valence-electron chi connectivity index (χ3n) is 6.55. The first kappa shape index (κ1) is 20.4. The maximum atomic E-state index is 12.9. The summed E-state index contributed by atoms with van der Waals surface area (Å²) in [7, 11) is 0. The van der Waals surface area contributed by atoms with Crippen molar-refractivity contribution in [2.24, 2.45) is 11.8 Å². The lowest BCUT2D eigenvalue weighted by atomic mass is 9.72. The van der Waals surface area contributed by atoms with Crippen molar-refractivity contribution in [2.45, 2.75) is 37.8 Å². The van der Waals surface area contributed by atoms with Crippen LogP contribution in [0.3, 0.4) is 0 Å². The summed E-state index contributed by atoms with van der Waals surface area (Å²) in [6.07, 6.45) is 3.83. The van der Waals surface area contributed by atoms with Crippen molar-refractivity contribution in [1.82, 2.24) is 20.5 Å². The number of halogens is 1. The van der Waals surface area contributed by atoms with E-state index in [4.69, 9.17) is 5.73 Å². The maximum absolute atomic E-state index is 12.9. The predicted octanol–water partition coefficient (Wildman–Crippen LogP) is 2.02. The van der Waals surface area contributed by atoms with Gasteiger partial charge in [-0.3, -0.25) is 9.59 Å². The molecule has 2 aromatic rings. The van der Waals surface area contributed by atoms with Gasteiger partial charge in [0, 0.05) is 25.6 Å². The zero-order valence-electron chi connectivity index (χ0n) is 16.1. The van der Waals surface area contributed by atoms with Crippen molar-refractivity contribution in [2.75, 3.05) is 25.4 Å². The van der Waals surface area contributed by atoms with Crippen LogP contribution in [-0.2, 0) is 4.79 Å². The Balaban J connectivity index is 0.00000205. The van der Waals surface area contributed by atoms with E-state index in [1.165, 1.54) is 11.3 Å². The monoisotopic (exact) mass is 435 g/mol. The summed E-state index contributed by atoms with van der Waals surface area (Å²) in [5, 5.41) is 7.11. The van der Waals surface area contributed by atoms with E-state index in [0.717, 1.165) is 42.6 Å². The summed E-state index contributed by atoms with van der Waals surface area (Å²) >= 11 is 1.33. The quantitative estimate of drug-likeness (QED) is 0.684. The molecule has 3 fully saturated rings. The van der Waals surface area contributed by atoms with Gasteiger partial charge < -0.3 is 21.3 Å². The van der Waals surface area contributed by atoms with Crippen LogP contribution >= 0.6 is 23.7 Å². The van der Waals surface area contributed by atoms with Crippen LogP contribution in [0.15, 0.2) is 18.2 Å². The minimum Gasteiger partial charge on any atom is -0.375 e. The Bertz CT molecular complexity index is 935. The number of carbonyl (C=O) groups is 2. The predicted molar refractivity (Wildman–Crippen MR) is 116 cm³/mol. The molecular weight excluding hydrogens is 410 g/mol. The molecule has 9 heteroatoms. The lowest BCUT2D eigenvalue weighted by Crippen LogP contribution is -2.66. The number of nitrogens with zero attached hydrogens (tertiary/aromatic N) is 2. The second kappa shape index (κ2) is 8.08. The second-order valence-electron chi connectivity index (χ2n) is 8.16. The van der Waals surface area contributed by atoms with Crippen LogP contribution < -0.4 is 16.4 Å². The number of aromatic nitrogens is 1. The van der Waals surface area contributed by atoms with Gasteiger partial charge in [0.1, 0.15) is 0 Å². The van der Waals surface area contributed by atoms with E-state index < -0.39 is 0 Å². The normalized spacial score (nSPS) is 28.6. The summed E-state index contributed by atoms with van der Waals surface area (Å²) in [4.78, 5) is 32.1. The Hall–Kier alpha value is -1.90. The summed E-state index contributed by atoms with van der Waals surface area (Å²) in [5.41, 5.74) is 7.17. The van der Waals surface area contributed by atoms with Gasteiger partial charge in [-0.05, 0) is 49.8 Å². The Morgan fingerprint density at radius 3 is 3.03 bits per heavy atom. The molecule has 3 aliphatic rings. The molecule has 0 saturated carbocycles. The highest BCUT2D eigenvalue weighted by atomic mass is 35.5. The molecule has 2 amide bonds. The standard InChI is InChI=1S/C20H25N5O2S.ClH/c21-20-24-14-4-1-3-13(18(14)28-20)19(27)23-10-16-12-7-11(8-22-9-12)15-5-2-6-17(26)25(15)16;/h1,3-4,11-12,15-16,22H,2,5-10H2,(H2,21,24)(H,23,27);1H/t11-,12+,15+,16+;/m1./s1. The topological polar surface area (TPSA) is 100 Å². The Morgan fingerprint density at radius 1 is 1.34 bits per heavy atom. The van der Waals surface area contributed by atoms with E-state index in [0.29, 0.717) is 41.5 Å². The van der Waals surface area contributed by atoms with Crippen LogP contribution in [-0.4, -0.2) is 53.4 Å². The second-order valence-corrected chi connectivity index (χ2v) is 9.19. The molecule has 5 rings (SSSR count). The summed E-state index contributed by atoms with van der Waals surface area (Å²) < 4.78 is 0.812. The van der Waals surface area contributed by atoms with E-state index in [1.807, 2.05) is 18.2 Å². The van der Waals surface area contributed by atoms with Gasteiger partial charge in [-0.15, -0.1) is 12.4 Å². The number of fused-ring (bicyclic) bond motifs is 5. The molecule has 0 radical (unpaired) electrons. The first-order valence-electron chi connectivity index (χ1n) is 10.1. The number of nitrogen functional groups attached to an aromatic ring is 1. The van der Waals surface area contributed by atoms with Crippen molar-refractivity contribution in [3.8, 4) is 0 Å². The number of carbonyl (C=O) groups excluding carboxylic acids is 2. The molecule has 7 nitrogen and oxygen atoms in total. The number of piperidine rings is 3. The fourth-order valence-corrected chi connectivity index (χ4v) is 6.18. The van der Waals surface area contributed by atoms with E-state index in [1.54, 1.807) is 0 Å². The molecule has 156 valence electrons. The highest BCUT2D eigenvalue weighted by Gasteiger charge is 2.47. The molecule has 2 bridgehead atoms. The van der Waals surface area contributed by atoms with Crippen molar-refractivity contribution in [3.63, 3.8) is 0 Å². The lowest BCUT2D eigenvalue weighted by Gasteiger charge is -2.54. The first-order valence-corrected chi connectivity index (χ1v) is 10.9. The Kier molecular flexibility index (Phi) is 5.68. The van der Waals surface area contributed by atoms with Gasteiger partial charge in [0.15, 0.2) is 5.13 Å². The number of hydrogen-bond donors (Lipinski definition) is 3. The molecule has 0 spiro atoms. The largest absolute Gasteiger partial charge is 0.375 e. The van der Waals surface area contributed by atoms with Crippen LogP contribution in [0.1, 0.15) is 36.0 Å². The van der Waals surface area contributed by atoms with Crippen molar-refractivity contribution >= 4 is 50.9 Å². The van der Waals surface area contributed by atoms with Crippen molar-refractivity contribution < 1.29 is 9.59 Å². The minimum absolute atomic E-state index is 0. The number of nitrogens with two attached hydrogens (primary N) is 1. The summed E-state index contributed by atoms with van der Waals surface area (Å²) in [6.45, 7) is 2.40. The molecule has 4 atom stereocenters. The molecule has 4 heterocycles. The highest BCUT2D eigenvalue weighted by Crippen LogP contribution is 2.39. The molecule has 4 N–H and O–H groups in total. The lowest BCUT2D eigenvalue weighted by molar-refractivity contribution is -0.148. The SMILES string of the molecule is Cl.Nc1nc2cccc(C(=O)NC[C@H]3[C@@H]4CNC[C@@H](C4)[C@@H]4CCCC(=O)N43)c2s1. The van der Waals surface area contributed by atoms with E-state index in [-0.39, 0.29) is 30.3 Å². The van der Waals surface area contributed by atoms with Gasteiger partial charge in [-0.2, -0.15) is 0 Å². The number of amides is 2. The fraction of sp³-hybridized carbons (Fsp3) is 0.550. The van der Waals surface area contributed by atoms with Crippen LogP contribution in [0.5, 0.6) is 0 Å². The Labute approximate surface area is 179 Å². The van der Waals surface area contributed by atoms with E-state index >= 15 is 0 Å². The van der Waals surface area contributed by atoms with E-state index in [9.17, 15) is 9.59 Å². The van der Waals surface area contributed by atoms with Crippen LogP contribution in [0, 0.1) is 11.8 Å². The first-order chi connectivity index (χ1) is 13.6. The minimum atomic E-state index is -0.124. The number of anilines is 1. The van der Waals surface area contributed by atoms with Crippen LogP contribution in [0.4, 0.5) is 5.13 Å². The molecular formula is C20H26ClN5O2S. The van der Waals surface area contributed by atoms with Gasteiger partial charge in [0.2, 0.25) is 5.91 Å². The number of benzene rings is 1. The van der Waals surface area contributed by atoms with Crippen molar-refractivity contribution in [1.29, 1.82) is 0 Å². The number of thiazole rings is 1. The van der Waals surface area contributed by atoms with E-state index in [2.05, 4.69) is 20.5 Å².